The number of hydrogen-bond donors (Lipinski definition) is 1. The van der Waals surface area contributed by atoms with Gasteiger partial charge < -0.3 is 10.6 Å². The number of nitrogen functional groups attached to an aromatic ring is 1. The standard InChI is InChI=1S/C17H20ClN3/c18-15-4-2-6-17(12-15)21-9-7-20(8-10-21)13-14-3-1-5-16(19)11-14/h1-6,11-12H,7-10,13,19H2. The molecule has 21 heavy (non-hydrogen) atoms. The Morgan fingerprint density at radius 1 is 0.952 bits per heavy atom. The second-order valence-electron chi connectivity index (χ2n) is 5.49. The Labute approximate surface area is 130 Å². The van der Waals surface area contributed by atoms with Gasteiger partial charge in [0.1, 0.15) is 0 Å². The number of nitrogens with zero attached hydrogens (tertiary/aromatic N) is 2. The van der Waals surface area contributed by atoms with Crippen LogP contribution in [0.5, 0.6) is 0 Å². The van der Waals surface area contributed by atoms with Gasteiger partial charge in [-0.05, 0) is 35.9 Å². The molecule has 4 heteroatoms. The Morgan fingerprint density at radius 3 is 2.43 bits per heavy atom. The lowest BCUT2D eigenvalue weighted by atomic mass is 10.1. The second-order valence-corrected chi connectivity index (χ2v) is 5.92. The van der Waals surface area contributed by atoms with E-state index in [0.29, 0.717) is 0 Å². The molecule has 1 fully saturated rings. The number of piperazine rings is 1. The summed E-state index contributed by atoms with van der Waals surface area (Å²) in [4.78, 5) is 4.86. The van der Waals surface area contributed by atoms with Crippen molar-refractivity contribution in [2.24, 2.45) is 0 Å². The van der Waals surface area contributed by atoms with Crippen molar-refractivity contribution in [2.45, 2.75) is 6.54 Å². The molecule has 0 aliphatic carbocycles. The predicted molar refractivity (Wildman–Crippen MR) is 89.8 cm³/mol. The van der Waals surface area contributed by atoms with Crippen molar-refractivity contribution < 1.29 is 0 Å². The van der Waals surface area contributed by atoms with E-state index in [1.807, 2.05) is 30.3 Å². The lowest BCUT2D eigenvalue weighted by Gasteiger charge is -2.36. The molecule has 0 radical (unpaired) electrons. The second kappa shape index (κ2) is 6.37. The maximum atomic E-state index is 6.07. The average molecular weight is 302 g/mol. The van der Waals surface area contributed by atoms with Crippen molar-refractivity contribution in [3.63, 3.8) is 0 Å². The Bertz CT molecular complexity index is 606. The molecule has 0 saturated carbocycles. The van der Waals surface area contributed by atoms with E-state index in [0.717, 1.165) is 43.4 Å². The van der Waals surface area contributed by atoms with Crippen molar-refractivity contribution in [1.82, 2.24) is 4.90 Å². The van der Waals surface area contributed by atoms with Crippen molar-refractivity contribution in [1.29, 1.82) is 0 Å². The van der Waals surface area contributed by atoms with Crippen molar-refractivity contribution in [3.8, 4) is 0 Å². The van der Waals surface area contributed by atoms with Gasteiger partial charge in [-0.2, -0.15) is 0 Å². The Hall–Kier alpha value is -1.71. The van der Waals surface area contributed by atoms with Gasteiger partial charge in [-0.1, -0.05) is 29.8 Å². The summed E-state index contributed by atoms with van der Waals surface area (Å²) in [7, 11) is 0. The van der Waals surface area contributed by atoms with Gasteiger partial charge in [0.05, 0.1) is 0 Å². The minimum absolute atomic E-state index is 0.801. The molecule has 0 spiro atoms. The molecule has 1 aliphatic heterocycles. The summed E-state index contributed by atoms with van der Waals surface area (Å²) < 4.78 is 0. The van der Waals surface area contributed by atoms with E-state index in [4.69, 9.17) is 17.3 Å². The number of anilines is 2. The zero-order chi connectivity index (χ0) is 14.7. The smallest absolute Gasteiger partial charge is 0.0426 e. The lowest BCUT2D eigenvalue weighted by Crippen LogP contribution is -2.45. The fourth-order valence-corrected chi connectivity index (χ4v) is 2.97. The van der Waals surface area contributed by atoms with Gasteiger partial charge in [0.25, 0.3) is 0 Å². The van der Waals surface area contributed by atoms with Crippen LogP contribution in [0.15, 0.2) is 48.5 Å². The van der Waals surface area contributed by atoms with Gasteiger partial charge in [-0.25, -0.2) is 0 Å². The summed E-state index contributed by atoms with van der Waals surface area (Å²) in [5.41, 5.74) is 9.17. The molecule has 0 amide bonds. The summed E-state index contributed by atoms with van der Waals surface area (Å²) in [5, 5.41) is 0.801. The van der Waals surface area contributed by atoms with Gasteiger partial charge in [0.15, 0.2) is 0 Å². The quantitative estimate of drug-likeness (QED) is 0.883. The highest BCUT2D eigenvalue weighted by molar-refractivity contribution is 6.30. The van der Waals surface area contributed by atoms with Gasteiger partial charge in [0.2, 0.25) is 0 Å². The molecule has 1 heterocycles. The number of benzene rings is 2. The topological polar surface area (TPSA) is 32.5 Å². The van der Waals surface area contributed by atoms with E-state index in [2.05, 4.69) is 28.0 Å². The molecule has 2 aromatic carbocycles. The molecular weight excluding hydrogens is 282 g/mol. The van der Waals surface area contributed by atoms with Crippen LogP contribution in [0.25, 0.3) is 0 Å². The highest BCUT2D eigenvalue weighted by Gasteiger charge is 2.17. The largest absolute Gasteiger partial charge is 0.399 e. The number of nitrogens with two attached hydrogens (primary N) is 1. The summed E-state index contributed by atoms with van der Waals surface area (Å²) in [6.07, 6.45) is 0. The van der Waals surface area contributed by atoms with E-state index in [9.17, 15) is 0 Å². The predicted octanol–water partition coefficient (Wildman–Crippen LogP) is 3.24. The molecule has 2 aromatic rings. The average Bonchev–Trinajstić information content (AvgIpc) is 2.48. The molecule has 1 saturated heterocycles. The Balaban J connectivity index is 1.58. The third kappa shape index (κ3) is 3.69. The van der Waals surface area contributed by atoms with Crippen molar-refractivity contribution in [2.75, 3.05) is 36.8 Å². The molecule has 0 unspecified atom stereocenters. The lowest BCUT2D eigenvalue weighted by molar-refractivity contribution is 0.250. The normalized spacial score (nSPS) is 16.1. The third-order valence-electron chi connectivity index (χ3n) is 3.90. The van der Waals surface area contributed by atoms with Crippen LogP contribution in [0.3, 0.4) is 0 Å². The van der Waals surface area contributed by atoms with Crippen LogP contribution < -0.4 is 10.6 Å². The molecular formula is C17H20ClN3. The minimum Gasteiger partial charge on any atom is -0.399 e. The van der Waals surface area contributed by atoms with Gasteiger partial charge in [-0.15, -0.1) is 0 Å². The highest BCUT2D eigenvalue weighted by atomic mass is 35.5. The maximum absolute atomic E-state index is 6.07. The molecule has 0 aromatic heterocycles. The first-order chi connectivity index (χ1) is 10.2. The fraction of sp³-hybridized carbons (Fsp3) is 0.294. The monoisotopic (exact) mass is 301 g/mol. The first-order valence-electron chi connectivity index (χ1n) is 7.28. The zero-order valence-corrected chi connectivity index (χ0v) is 12.8. The molecule has 110 valence electrons. The first kappa shape index (κ1) is 14.2. The van der Waals surface area contributed by atoms with Crippen LogP contribution in [-0.4, -0.2) is 31.1 Å². The Morgan fingerprint density at radius 2 is 1.71 bits per heavy atom. The van der Waals surface area contributed by atoms with E-state index in [1.165, 1.54) is 11.3 Å². The summed E-state index contributed by atoms with van der Waals surface area (Å²) in [6.45, 7) is 5.14. The van der Waals surface area contributed by atoms with Crippen LogP contribution in [0.2, 0.25) is 5.02 Å². The third-order valence-corrected chi connectivity index (χ3v) is 4.14. The molecule has 0 bridgehead atoms. The summed E-state index contributed by atoms with van der Waals surface area (Å²) in [5.74, 6) is 0. The molecule has 2 N–H and O–H groups in total. The van der Waals surface area contributed by atoms with Gasteiger partial charge >= 0.3 is 0 Å². The van der Waals surface area contributed by atoms with Crippen LogP contribution in [-0.2, 0) is 6.54 Å². The number of hydrogen-bond acceptors (Lipinski definition) is 3. The number of halogens is 1. The zero-order valence-electron chi connectivity index (χ0n) is 12.0. The van der Waals surface area contributed by atoms with Crippen LogP contribution >= 0.6 is 11.6 Å². The van der Waals surface area contributed by atoms with E-state index in [-0.39, 0.29) is 0 Å². The maximum Gasteiger partial charge on any atom is 0.0426 e. The van der Waals surface area contributed by atoms with E-state index >= 15 is 0 Å². The first-order valence-corrected chi connectivity index (χ1v) is 7.66. The SMILES string of the molecule is Nc1cccc(CN2CCN(c3cccc(Cl)c3)CC2)c1. The van der Waals surface area contributed by atoms with E-state index < -0.39 is 0 Å². The fourth-order valence-electron chi connectivity index (χ4n) is 2.79. The van der Waals surface area contributed by atoms with Crippen molar-refractivity contribution >= 4 is 23.0 Å². The van der Waals surface area contributed by atoms with E-state index in [1.54, 1.807) is 0 Å². The minimum atomic E-state index is 0.801. The highest BCUT2D eigenvalue weighted by Crippen LogP contribution is 2.21. The van der Waals surface area contributed by atoms with Crippen LogP contribution in [0.1, 0.15) is 5.56 Å². The van der Waals surface area contributed by atoms with Gasteiger partial charge in [0, 0.05) is 49.1 Å². The van der Waals surface area contributed by atoms with Gasteiger partial charge in [-0.3, -0.25) is 4.90 Å². The Kier molecular flexibility index (Phi) is 4.32. The molecule has 3 nitrogen and oxygen atoms in total. The molecule has 0 atom stereocenters. The van der Waals surface area contributed by atoms with Crippen molar-refractivity contribution in [3.05, 3.63) is 59.1 Å². The summed E-state index contributed by atoms with van der Waals surface area (Å²) >= 11 is 6.07. The molecule has 3 rings (SSSR count). The summed E-state index contributed by atoms with van der Waals surface area (Å²) in [6, 6.07) is 16.2. The number of rotatable bonds is 3. The van der Waals surface area contributed by atoms with Crippen LogP contribution in [0, 0.1) is 0 Å². The molecule has 1 aliphatic rings. The van der Waals surface area contributed by atoms with Crippen LogP contribution in [0.4, 0.5) is 11.4 Å².